The van der Waals surface area contributed by atoms with Gasteiger partial charge in [0.05, 0.1) is 15.4 Å². The summed E-state index contributed by atoms with van der Waals surface area (Å²) in [6.07, 6.45) is 0.00623. The summed E-state index contributed by atoms with van der Waals surface area (Å²) in [6, 6.07) is 10.8. The van der Waals surface area contributed by atoms with Crippen molar-refractivity contribution in [1.82, 2.24) is 15.6 Å². The molecule has 5 rings (SSSR count). The van der Waals surface area contributed by atoms with Crippen molar-refractivity contribution in [2.45, 2.75) is 63.2 Å². The molecule has 1 aliphatic carbocycles. The van der Waals surface area contributed by atoms with Crippen LogP contribution in [0.5, 0.6) is 0 Å². The minimum Gasteiger partial charge on any atom is -0.340 e. The number of alkyl halides is 3. The van der Waals surface area contributed by atoms with Crippen LogP contribution in [-0.2, 0) is 6.18 Å². The number of piperidine rings is 1. The fourth-order valence-corrected chi connectivity index (χ4v) is 5.95. The Balaban J connectivity index is 1.50. The van der Waals surface area contributed by atoms with Crippen LogP contribution in [0, 0.1) is 6.92 Å². The Bertz CT molecular complexity index is 1310. The number of hydrogen-bond acceptors (Lipinski definition) is 5. The van der Waals surface area contributed by atoms with Crippen LogP contribution >= 0.6 is 11.3 Å². The number of thiazole rings is 1. The SMILES string of the molecule is Cc1cccc(-c2sc(C3CC3)nc2C(=O)C(NC(=O)c2cccc(C(F)(F)F)c2)C2CCCCN2)c1. The van der Waals surface area contributed by atoms with Crippen LogP contribution < -0.4 is 10.6 Å². The molecule has 2 fully saturated rings. The Morgan fingerprint density at radius 3 is 2.54 bits per heavy atom. The number of nitrogens with zero attached hydrogens (tertiary/aromatic N) is 1. The van der Waals surface area contributed by atoms with Gasteiger partial charge in [-0.05, 0) is 62.9 Å². The third kappa shape index (κ3) is 5.78. The number of carbonyl (C=O) groups excluding carboxylic acids is 2. The molecule has 2 N–H and O–H groups in total. The summed E-state index contributed by atoms with van der Waals surface area (Å²) in [5.41, 5.74) is 1.22. The molecule has 1 saturated carbocycles. The van der Waals surface area contributed by atoms with Crippen molar-refractivity contribution < 1.29 is 22.8 Å². The quantitative estimate of drug-likeness (QED) is 0.362. The maximum atomic E-state index is 14.1. The zero-order valence-electron chi connectivity index (χ0n) is 20.4. The molecule has 1 aromatic heterocycles. The van der Waals surface area contributed by atoms with Crippen LogP contribution in [-0.4, -0.2) is 35.3 Å². The van der Waals surface area contributed by atoms with E-state index in [-0.39, 0.29) is 17.4 Å². The van der Waals surface area contributed by atoms with Gasteiger partial charge in [-0.2, -0.15) is 13.2 Å². The lowest BCUT2D eigenvalue weighted by Gasteiger charge is -2.31. The standard InChI is InChI=1S/C28H28F3N3O2S/c1-16-6-4-7-18(14-16)25-23(34-27(37-25)17-11-12-17)24(35)22(21-10-2-3-13-32-21)33-26(36)19-8-5-9-20(15-19)28(29,30)31/h4-9,14-15,17,21-22,32H,2-3,10-13H2,1H3,(H,33,36). The van der Waals surface area contributed by atoms with Gasteiger partial charge in [0.15, 0.2) is 0 Å². The second-order valence-electron chi connectivity index (χ2n) is 9.82. The predicted octanol–water partition coefficient (Wildman–Crippen LogP) is 6.14. The second kappa shape index (κ2) is 10.4. The molecule has 194 valence electrons. The highest BCUT2D eigenvalue weighted by Gasteiger charge is 2.37. The smallest absolute Gasteiger partial charge is 0.340 e. The van der Waals surface area contributed by atoms with Gasteiger partial charge in [-0.1, -0.05) is 42.3 Å². The van der Waals surface area contributed by atoms with E-state index in [2.05, 4.69) is 10.6 Å². The van der Waals surface area contributed by atoms with Gasteiger partial charge in [0.25, 0.3) is 5.91 Å². The van der Waals surface area contributed by atoms with Gasteiger partial charge in [-0.3, -0.25) is 9.59 Å². The number of carbonyl (C=O) groups is 2. The van der Waals surface area contributed by atoms with Crippen LogP contribution in [0.2, 0.25) is 0 Å². The fraction of sp³-hybridized carbons (Fsp3) is 0.393. The largest absolute Gasteiger partial charge is 0.416 e. The Morgan fingerprint density at radius 2 is 1.86 bits per heavy atom. The number of Topliss-reactive ketones (excluding diaryl/α,β-unsaturated/α-hetero) is 1. The normalized spacial score (nSPS) is 18.9. The van der Waals surface area contributed by atoms with Crippen LogP contribution in [0.3, 0.4) is 0 Å². The van der Waals surface area contributed by atoms with E-state index < -0.39 is 23.7 Å². The Hall–Kier alpha value is -3.04. The number of halogens is 3. The monoisotopic (exact) mass is 527 g/mol. The van der Waals surface area contributed by atoms with Crippen LogP contribution in [0.4, 0.5) is 13.2 Å². The van der Waals surface area contributed by atoms with Gasteiger partial charge in [0, 0.05) is 17.5 Å². The van der Waals surface area contributed by atoms with Crippen molar-refractivity contribution in [2.24, 2.45) is 0 Å². The van der Waals surface area contributed by atoms with Crippen molar-refractivity contribution in [3.8, 4) is 10.4 Å². The van der Waals surface area contributed by atoms with Gasteiger partial charge in [0.1, 0.15) is 11.7 Å². The molecule has 1 saturated heterocycles. The number of benzene rings is 2. The molecule has 37 heavy (non-hydrogen) atoms. The highest BCUT2D eigenvalue weighted by Crippen LogP contribution is 2.45. The average Bonchev–Trinajstić information content (AvgIpc) is 3.65. The first-order valence-corrected chi connectivity index (χ1v) is 13.4. The maximum absolute atomic E-state index is 14.1. The molecule has 2 aromatic carbocycles. The molecule has 0 radical (unpaired) electrons. The van der Waals surface area contributed by atoms with E-state index in [1.807, 2.05) is 31.2 Å². The molecule has 2 atom stereocenters. The molecule has 2 heterocycles. The van der Waals surface area contributed by atoms with Crippen molar-refractivity contribution in [3.05, 3.63) is 75.9 Å². The molecule has 2 unspecified atom stereocenters. The lowest BCUT2D eigenvalue weighted by atomic mass is 9.92. The topological polar surface area (TPSA) is 71.1 Å². The third-order valence-electron chi connectivity index (χ3n) is 6.86. The van der Waals surface area contributed by atoms with Gasteiger partial charge >= 0.3 is 6.18 Å². The van der Waals surface area contributed by atoms with E-state index in [1.165, 1.54) is 23.5 Å². The number of ketones is 1. The minimum absolute atomic E-state index is 0.140. The predicted molar refractivity (Wildman–Crippen MR) is 137 cm³/mol. The second-order valence-corrected chi connectivity index (χ2v) is 10.9. The summed E-state index contributed by atoms with van der Waals surface area (Å²) in [5.74, 6) is -0.688. The van der Waals surface area contributed by atoms with Crippen molar-refractivity contribution >= 4 is 23.0 Å². The van der Waals surface area contributed by atoms with E-state index in [4.69, 9.17) is 4.98 Å². The van der Waals surface area contributed by atoms with Crippen molar-refractivity contribution in [1.29, 1.82) is 0 Å². The van der Waals surface area contributed by atoms with Gasteiger partial charge < -0.3 is 10.6 Å². The first-order chi connectivity index (χ1) is 17.7. The Morgan fingerprint density at radius 1 is 1.08 bits per heavy atom. The van der Waals surface area contributed by atoms with Gasteiger partial charge in [0.2, 0.25) is 5.78 Å². The molecule has 0 spiro atoms. The van der Waals surface area contributed by atoms with Crippen LogP contribution in [0.25, 0.3) is 10.4 Å². The number of nitrogens with one attached hydrogen (secondary N) is 2. The van der Waals surface area contributed by atoms with Crippen LogP contribution in [0.15, 0.2) is 48.5 Å². The zero-order chi connectivity index (χ0) is 26.2. The van der Waals surface area contributed by atoms with Gasteiger partial charge in [-0.25, -0.2) is 4.98 Å². The van der Waals surface area contributed by atoms with Gasteiger partial charge in [-0.15, -0.1) is 11.3 Å². The number of hydrogen-bond donors (Lipinski definition) is 2. The molecule has 1 amide bonds. The Labute approximate surface area is 217 Å². The molecular weight excluding hydrogens is 499 g/mol. The zero-order valence-corrected chi connectivity index (χ0v) is 21.2. The molecule has 1 aliphatic heterocycles. The number of amides is 1. The van der Waals surface area contributed by atoms with Crippen LogP contribution in [0.1, 0.15) is 75.0 Å². The lowest BCUT2D eigenvalue weighted by molar-refractivity contribution is -0.137. The number of rotatable bonds is 7. The van der Waals surface area contributed by atoms with E-state index in [1.54, 1.807) is 0 Å². The summed E-state index contributed by atoms with van der Waals surface area (Å²) >= 11 is 1.51. The van der Waals surface area contributed by atoms with E-state index in [9.17, 15) is 22.8 Å². The number of aromatic nitrogens is 1. The molecule has 3 aromatic rings. The molecular formula is C28H28F3N3O2S. The highest BCUT2D eigenvalue weighted by atomic mass is 32.1. The maximum Gasteiger partial charge on any atom is 0.416 e. The molecule has 9 heteroatoms. The van der Waals surface area contributed by atoms with E-state index >= 15 is 0 Å². The molecule has 0 bridgehead atoms. The summed E-state index contributed by atoms with van der Waals surface area (Å²) in [7, 11) is 0. The fourth-order valence-electron chi connectivity index (χ4n) is 4.71. The lowest BCUT2D eigenvalue weighted by Crippen LogP contribution is -2.55. The molecule has 5 nitrogen and oxygen atoms in total. The summed E-state index contributed by atoms with van der Waals surface area (Å²) in [4.78, 5) is 32.8. The third-order valence-corrected chi connectivity index (χ3v) is 8.12. The summed E-state index contributed by atoms with van der Waals surface area (Å²) < 4.78 is 39.7. The first kappa shape index (κ1) is 25.6. The summed E-state index contributed by atoms with van der Waals surface area (Å²) in [6.45, 7) is 2.68. The molecule has 2 aliphatic rings. The van der Waals surface area contributed by atoms with E-state index in [0.29, 0.717) is 24.6 Å². The van der Waals surface area contributed by atoms with Crippen molar-refractivity contribution in [3.63, 3.8) is 0 Å². The summed E-state index contributed by atoms with van der Waals surface area (Å²) in [5, 5.41) is 7.02. The highest BCUT2D eigenvalue weighted by molar-refractivity contribution is 7.15. The Kier molecular flexibility index (Phi) is 7.18. The van der Waals surface area contributed by atoms with Crippen molar-refractivity contribution in [2.75, 3.05) is 6.54 Å². The first-order valence-electron chi connectivity index (χ1n) is 12.5. The average molecular weight is 528 g/mol. The number of aryl methyl sites for hydroxylation is 1. The van der Waals surface area contributed by atoms with E-state index in [0.717, 1.165) is 58.8 Å². The minimum atomic E-state index is -4.57.